The molecule has 0 radical (unpaired) electrons. The van der Waals surface area contributed by atoms with Gasteiger partial charge in [-0.2, -0.15) is 0 Å². The van der Waals surface area contributed by atoms with E-state index in [0.717, 1.165) is 12.8 Å². The second-order valence-corrected chi connectivity index (χ2v) is 6.04. The molecule has 1 heterocycles. The topological polar surface area (TPSA) is 42.2 Å². The van der Waals surface area contributed by atoms with E-state index in [1.165, 1.54) is 12.1 Å². The van der Waals surface area contributed by atoms with E-state index in [9.17, 15) is 9.18 Å². The lowest BCUT2D eigenvalue weighted by Gasteiger charge is -2.14. The molecule has 1 amide bonds. The number of aryl methyl sites for hydroxylation is 1. The lowest BCUT2D eigenvalue weighted by Crippen LogP contribution is -2.32. The number of benzene rings is 1. The van der Waals surface area contributed by atoms with Gasteiger partial charge in [0.25, 0.3) is 5.91 Å². The van der Waals surface area contributed by atoms with Crippen LogP contribution < -0.4 is 5.32 Å². The molecular weight excluding hydrogens is 269 g/mol. The van der Waals surface area contributed by atoms with Crippen LogP contribution in [-0.4, -0.2) is 11.9 Å². The summed E-state index contributed by atoms with van der Waals surface area (Å²) in [6.45, 7) is 8.08. The molecule has 0 aliphatic carbocycles. The van der Waals surface area contributed by atoms with Crippen LogP contribution in [0.25, 0.3) is 11.0 Å². The van der Waals surface area contributed by atoms with E-state index in [4.69, 9.17) is 4.42 Å². The zero-order chi connectivity index (χ0) is 15.6. The molecule has 2 rings (SSSR count). The highest BCUT2D eigenvalue weighted by molar-refractivity contribution is 5.99. The Morgan fingerprint density at radius 3 is 2.67 bits per heavy atom. The van der Waals surface area contributed by atoms with Gasteiger partial charge in [0.2, 0.25) is 0 Å². The molecule has 0 fully saturated rings. The predicted octanol–water partition coefficient (Wildman–Crippen LogP) is 4.43. The molecule has 0 saturated carbocycles. The van der Waals surface area contributed by atoms with E-state index in [0.29, 0.717) is 22.5 Å². The van der Waals surface area contributed by atoms with Crippen LogP contribution in [0.2, 0.25) is 0 Å². The molecule has 0 aliphatic rings. The first-order chi connectivity index (χ1) is 9.88. The average molecular weight is 291 g/mol. The van der Waals surface area contributed by atoms with E-state index in [-0.39, 0.29) is 23.5 Å². The van der Waals surface area contributed by atoms with Gasteiger partial charge in [-0.1, -0.05) is 13.8 Å². The molecule has 1 aromatic carbocycles. The van der Waals surface area contributed by atoms with Gasteiger partial charge in [0.1, 0.15) is 11.4 Å². The first-order valence-corrected chi connectivity index (χ1v) is 7.38. The average Bonchev–Trinajstić information content (AvgIpc) is 2.74. The minimum atomic E-state index is -0.330. The molecule has 1 aromatic heterocycles. The van der Waals surface area contributed by atoms with Crippen molar-refractivity contribution in [2.75, 3.05) is 0 Å². The fourth-order valence-corrected chi connectivity index (χ4v) is 2.35. The van der Waals surface area contributed by atoms with Gasteiger partial charge in [0.05, 0.1) is 0 Å². The quantitative estimate of drug-likeness (QED) is 0.885. The smallest absolute Gasteiger partial charge is 0.287 e. The first-order valence-electron chi connectivity index (χ1n) is 7.38. The Kier molecular flexibility index (Phi) is 4.66. The molecule has 21 heavy (non-hydrogen) atoms. The van der Waals surface area contributed by atoms with Crippen LogP contribution in [0.4, 0.5) is 4.39 Å². The molecule has 0 spiro atoms. The highest BCUT2D eigenvalue weighted by Gasteiger charge is 2.19. The minimum absolute atomic E-state index is 0.0873. The van der Waals surface area contributed by atoms with Gasteiger partial charge >= 0.3 is 0 Å². The SMILES string of the molecule is Cc1c(C(=O)N[C@H](C)CCC(C)C)oc2ccc(F)cc12. The van der Waals surface area contributed by atoms with Crippen LogP contribution >= 0.6 is 0 Å². The highest BCUT2D eigenvalue weighted by Crippen LogP contribution is 2.26. The molecule has 0 unspecified atom stereocenters. The van der Waals surface area contributed by atoms with Gasteiger partial charge in [0, 0.05) is 17.0 Å². The summed E-state index contributed by atoms with van der Waals surface area (Å²) >= 11 is 0. The molecule has 0 aliphatic heterocycles. The largest absolute Gasteiger partial charge is 0.451 e. The molecular formula is C17H22FNO2. The molecule has 1 atom stereocenters. The second kappa shape index (κ2) is 6.29. The number of halogens is 1. The number of nitrogens with one attached hydrogen (secondary N) is 1. The van der Waals surface area contributed by atoms with Crippen LogP contribution in [0.1, 0.15) is 49.7 Å². The summed E-state index contributed by atoms with van der Waals surface area (Å²) in [5, 5.41) is 3.59. The summed E-state index contributed by atoms with van der Waals surface area (Å²) in [6, 6.07) is 4.37. The first kappa shape index (κ1) is 15.5. The predicted molar refractivity (Wildman–Crippen MR) is 81.9 cm³/mol. The summed E-state index contributed by atoms with van der Waals surface area (Å²) in [5.74, 6) is 0.316. The fraction of sp³-hybridized carbons (Fsp3) is 0.471. The Balaban J connectivity index is 2.14. The number of furan rings is 1. The van der Waals surface area contributed by atoms with Crippen molar-refractivity contribution < 1.29 is 13.6 Å². The number of amides is 1. The van der Waals surface area contributed by atoms with Gasteiger partial charge in [-0.25, -0.2) is 4.39 Å². The Morgan fingerprint density at radius 1 is 1.29 bits per heavy atom. The van der Waals surface area contributed by atoms with Gasteiger partial charge in [0.15, 0.2) is 5.76 Å². The highest BCUT2D eigenvalue weighted by atomic mass is 19.1. The molecule has 0 bridgehead atoms. The molecule has 3 nitrogen and oxygen atoms in total. The number of carbonyl (C=O) groups is 1. The Hall–Kier alpha value is -1.84. The van der Waals surface area contributed by atoms with E-state index in [1.54, 1.807) is 13.0 Å². The van der Waals surface area contributed by atoms with Gasteiger partial charge in [-0.05, 0) is 50.8 Å². The van der Waals surface area contributed by atoms with E-state index < -0.39 is 0 Å². The van der Waals surface area contributed by atoms with E-state index >= 15 is 0 Å². The summed E-state index contributed by atoms with van der Waals surface area (Å²) < 4.78 is 18.8. The maximum atomic E-state index is 13.3. The Morgan fingerprint density at radius 2 is 2.00 bits per heavy atom. The van der Waals surface area contributed by atoms with Crippen molar-refractivity contribution in [3.8, 4) is 0 Å². The monoisotopic (exact) mass is 291 g/mol. The standard InChI is InChI=1S/C17H22FNO2/c1-10(2)5-6-11(3)19-17(20)16-12(4)14-9-13(18)7-8-15(14)21-16/h7-11H,5-6H2,1-4H3,(H,19,20)/t11-/m1/s1. The van der Waals surface area contributed by atoms with Crippen molar-refractivity contribution >= 4 is 16.9 Å². The van der Waals surface area contributed by atoms with Crippen molar-refractivity contribution in [1.29, 1.82) is 0 Å². The van der Waals surface area contributed by atoms with Crippen molar-refractivity contribution in [2.24, 2.45) is 5.92 Å². The van der Waals surface area contributed by atoms with E-state index in [1.807, 2.05) is 6.92 Å². The van der Waals surface area contributed by atoms with Gasteiger partial charge < -0.3 is 9.73 Å². The maximum Gasteiger partial charge on any atom is 0.287 e. The number of rotatable bonds is 5. The zero-order valence-corrected chi connectivity index (χ0v) is 13.0. The van der Waals surface area contributed by atoms with Crippen LogP contribution in [0, 0.1) is 18.7 Å². The van der Waals surface area contributed by atoms with Gasteiger partial charge in [-0.3, -0.25) is 4.79 Å². The second-order valence-electron chi connectivity index (χ2n) is 6.04. The maximum absolute atomic E-state index is 13.3. The molecule has 4 heteroatoms. The number of hydrogen-bond acceptors (Lipinski definition) is 2. The van der Waals surface area contributed by atoms with Crippen LogP contribution in [0.15, 0.2) is 22.6 Å². The molecule has 114 valence electrons. The Bertz CT molecular complexity index is 646. The summed E-state index contributed by atoms with van der Waals surface area (Å²) in [7, 11) is 0. The normalized spacial score (nSPS) is 12.9. The summed E-state index contributed by atoms with van der Waals surface area (Å²) in [5.41, 5.74) is 1.21. The number of hydrogen-bond donors (Lipinski definition) is 1. The summed E-state index contributed by atoms with van der Waals surface area (Å²) in [4.78, 5) is 12.3. The summed E-state index contributed by atoms with van der Waals surface area (Å²) in [6.07, 6.45) is 1.99. The minimum Gasteiger partial charge on any atom is -0.451 e. The number of fused-ring (bicyclic) bond motifs is 1. The molecule has 2 aromatic rings. The third kappa shape index (κ3) is 3.63. The lowest BCUT2D eigenvalue weighted by atomic mass is 10.0. The fourth-order valence-electron chi connectivity index (χ4n) is 2.35. The molecule has 0 saturated heterocycles. The third-order valence-corrected chi connectivity index (χ3v) is 3.66. The van der Waals surface area contributed by atoms with Crippen molar-refractivity contribution in [3.63, 3.8) is 0 Å². The lowest BCUT2D eigenvalue weighted by molar-refractivity contribution is 0.0910. The zero-order valence-electron chi connectivity index (χ0n) is 13.0. The Labute approximate surface area is 124 Å². The van der Waals surface area contributed by atoms with Crippen LogP contribution in [-0.2, 0) is 0 Å². The number of carbonyl (C=O) groups excluding carboxylic acids is 1. The van der Waals surface area contributed by atoms with E-state index in [2.05, 4.69) is 19.2 Å². The van der Waals surface area contributed by atoms with Crippen molar-refractivity contribution in [2.45, 2.75) is 46.6 Å². The van der Waals surface area contributed by atoms with Crippen molar-refractivity contribution in [1.82, 2.24) is 5.32 Å². The van der Waals surface area contributed by atoms with Gasteiger partial charge in [-0.15, -0.1) is 0 Å². The third-order valence-electron chi connectivity index (χ3n) is 3.66. The van der Waals surface area contributed by atoms with Crippen LogP contribution in [0.5, 0.6) is 0 Å². The molecule has 1 N–H and O–H groups in total. The van der Waals surface area contributed by atoms with Crippen molar-refractivity contribution in [3.05, 3.63) is 35.3 Å². The van der Waals surface area contributed by atoms with Crippen LogP contribution in [0.3, 0.4) is 0 Å².